The largest absolute Gasteiger partial charge is 0.478 e. The Kier molecular flexibility index (Phi) is 1.22. The van der Waals surface area contributed by atoms with Crippen LogP contribution in [-0.4, -0.2) is 27.1 Å². The number of pyridine rings is 1. The number of carboxylic acid groups (broad SMARTS) is 2. The number of aromatic nitrogens is 1. The lowest BCUT2D eigenvalue weighted by Gasteiger charge is -1.97. The lowest BCUT2D eigenvalue weighted by atomic mass is 10.1. The van der Waals surface area contributed by atoms with Crippen molar-refractivity contribution in [3.63, 3.8) is 0 Å². The van der Waals surface area contributed by atoms with Crippen molar-refractivity contribution >= 4 is 11.9 Å². The third-order valence-electron chi connectivity index (χ3n) is 1.08. The molecule has 0 aliphatic rings. The van der Waals surface area contributed by atoms with Gasteiger partial charge >= 0.3 is 11.9 Å². The summed E-state index contributed by atoms with van der Waals surface area (Å²) in [5.41, 5.74) is -1.75. The zero-order valence-corrected chi connectivity index (χ0v) is 5.66. The summed E-state index contributed by atoms with van der Waals surface area (Å²) in [4.78, 5) is 24.5. The number of carbonyl (C=O) groups is 2. The summed E-state index contributed by atoms with van der Waals surface area (Å²) in [6.07, 6.45) is -1.57. The predicted octanol–water partition coefficient (Wildman–Crippen LogP) is 0.478. The van der Waals surface area contributed by atoms with Gasteiger partial charge in [0.15, 0.2) is 0 Å². The van der Waals surface area contributed by atoms with E-state index in [1.54, 1.807) is 0 Å². The number of hydrogen-bond donors (Lipinski definition) is 2. The molecule has 0 aliphatic carbocycles. The summed E-state index contributed by atoms with van der Waals surface area (Å²) < 4.78 is 21.4. The van der Waals surface area contributed by atoms with E-state index in [4.69, 9.17) is 14.3 Å². The van der Waals surface area contributed by atoms with Gasteiger partial charge in [0, 0.05) is 12.3 Å². The van der Waals surface area contributed by atoms with Gasteiger partial charge in [-0.15, -0.1) is 0 Å². The Morgan fingerprint density at radius 1 is 1.33 bits per heavy atom. The summed E-state index contributed by atoms with van der Waals surface area (Å²) in [6, 6.07) is -0.809. The second-order valence-corrected chi connectivity index (χ2v) is 1.82. The van der Waals surface area contributed by atoms with E-state index in [0.29, 0.717) is 0 Å². The molecule has 0 radical (unpaired) electrons. The Morgan fingerprint density at radius 3 is 2.42 bits per heavy atom. The molecule has 62 valence electrons. The third kappa shape index (κ3) is 1.39. The second kappa shape index (κ2) is 3.00. The second-order valence-electron chi connectivity index (χ2n) is 1.82. The van der Waals surface area contributed by atoms with Gasteiger partial charge in [-0.3, -0.25) is 4.98 Å². The molecule has 12 heavy (non-hydrogen) atoms. The van der Waals surface area contributed by atoms with Crippen LogP contribution in [0.25, 0.3) is 0 Å². The van der Waals surface area contributed by atoms with Gasteiger partial charge in [-0.1, -0.05) is 0 Å². The molecule has 0 aliphatic heterocycles. The van der Waals surface area contributed by atoms with Gasteiger partial charge in [0.05, 0.1) is 15.2 Å². The van der Waals surface area contributed by atoms with E-state index in [2.05, 4.69) is 4.98 Å². The van der Waals surface area contributed by atoms with Crippen molar-refractivity contribution in [2.45, 2.75) is 0 Å². The van der Waals surface area contributed by atoms with Crippen LogP contribution in [0.5, 0.6) is 0 Å². The first-order chi connectivity index (χ1) is 6.86. The number of nitrogens with zero attached hydrogens (tertiary/aromatic N) is 1. The summed E-state index contributed by atoms with van der Waals surface area (Å²) in [7, 11) is 0. The van der Waals surface area contributed by atoms with Crippen molar-refractivity contribution < 1.29 is 23.9 Å². The molecule has 0 atom stereocenters. The molecule has 0 fully saturated rings. The average molecular weight is 170 g/mol. The van der Waals surface area contributed by atoms with E-state index in [9.17, 15) is 9.59 Å². The zero-order chi connectivity index (χ0) is 11.7. The molecule has 5 nitrogen and oxygen atoms in total. The minimum Gasteiger partial charge on any atom is -0.478 e. The lowest BCUT2D eigenvalue weighted by molar-refractivity contribution is 0.0651. The molecule has 0 amide bonds. The minimum atomic E-state index is -1.66. The maximum Gasteiger partial charge on any atom is 0.338 e. The molecule has 1 rings (SSSR count). The third-order valence-corrected chi connectivity index (χ3v) is 1.08. The SMILES string of the molecule is [2H]c1nc([2H])c(C(=O)O)c(C(=O)O)c1[2H]. The van der Waals surface area contributed by atoms with E-state index in [1.807, 2.05) is 0 Å². The maximum absolute atomic E-state index is 10.7. The van der Waals surface area contributed by atoms with Crippen LogP contribution in [0, 0.1) is 0 Å². The highest BCUT2D eigenvalue weighted by molar-refractivity contribution is 6.01. The molecule has 0 bridgehead atoms. The topological polar surface area (TPSA) is 87.5 Å². The highest BCUT2D eigenvalue weighted by Crippen LogP contribution is 2.05. The fraction of sp³-hybridized carbons (Fsp3) is 0. The van der Waals surface area contributed by atoms with Gasteiger partial charge in [-0.05, 0) is 6.04 Å². The fourth-order valence-corrected chi connectivity index (χ4v) is 0.601. The lowest BCUT2D eigenvalue weighted by Crippen LogP contribution is -2.07. The molecule has 5 heteroatoms. The summed E-state index contributed by atoms with van der Waals surface area (Å²) >= 11 is 0. The van der Waals surface area contributed by atoms with Crippen LogP contribution in [0.15, 0.2) is 18.4 Å². The van der Waals surface area contributed by atoms with E-state index < -0.39 is 41.5 Å². The molecule has 1 aromatic rings. The van der Waals surface area contributed by atoms with Crippen molar-refractivity contribution in [1.82, 2.24) is 4.98 Å². The highest BCUT2D eigenvalue weighted by atomic mass is 16.4. The summed E-state index contributed by atoms with van der Waals surface area (Å²) in [6.45, 7) is 0. The normalized spacial score (nSPS) is 12.8. The Balaban J connectivity index is 3.69. The minimum absolute atomic E-state index is 0.734. The molecular weight excluding hydrogens is 162 g/mol. The fourth-order valence-electron chi connectivity index (χ4n) is 0.601. The van der Waals surface area contributed by atoms with Crippen molar-refractivity contribution in [3.05, 3.63) is 29.5 Å². The first-order valence-corrected chi connectivity index (χ1v) is 2.80. The van der Waals surface area contributed by atoms with Gasteiger partial charge in [0.25, 0.3) is 0 Å². The predicted molar refractivity (Wildman–Crippen MR) is 38.2 cm³/mol. The average Bonchev–Trinajstić information content (AvgIpc) is 2.09. The maximum atomic E-state index is 10.7. The molecule has 0 saturated heterocycles. The Bertz CT molecular complexity index is 460. The number of rotatable bonds is 2. The molecule has 0 unspecified atom stereocenters. The van der Waals surface area contributed by atoms with Crippen LogP contribution >= 0.6 is 0 Å². The molecule has 1 aromatic heterocycles. The van der Waals surface area contributed by atoms with Gasteiger partial charge in [-0.25, -0.2) is 9.59 Å². The summed E-state index contributed by atoms with van der Waals surface area (Å²) in [5.74, 6) is -3.32. The smallest absolute Gasteiger partial charge is 0.338 e. The molecule has 0 aromatic carbocycles. The van der Waals surface area contributed by atoms with Crippen molar-refractivity contribution in [1.29, 1.82) is 0 Å². The highest BCUT2D eigenvalue weighted by Gasteiger charge is 2.14. The van der Waals surface area contributed by atoms with Crippen molar-refractivity contribution in [2.75, 3.05) is 0 Å². The molecular formula is C7H5NO4. The van der Waals surface area contributed by atoms with E-state index in [0.717, 1.165) is 0 Å². The number of hydrogen-bond acceptors (Lipinski definition) is 3. The van der Waals surface area contributed by atoms with Gasteiger partial charge in [0.2, 0.25) is 0 Å². The van der Waals surface area contributed by atoms with Gasteiger partial charge < -0.3 is 10.2 Å². The van der Waals surface area contributed by atoms with Gasteiger partial charge in [0.1, 0.15) is 0 Å². The molecule has 1 heterocycles. The van der Waals surface area contributed by atoms with Crippen LogP contribution in [0.2, 0.25) is 0 Å². The Morgan fingerprint density at radius 2 is 1.92 bits per heavy atom. The monoisotopic (exact) mass is 170 g/mol. The number of aromatic carboxylic acids is 2. The van der Waals surface area contributed by atoms with Crippen LogP contribution in [0.1, 0.15) is 24.8 Å². The molecule has 0 saturated carbocycles. The van der Waals surface area contributed by atoms with Crippen molar-refractivity contribution in [3.8, 4) is 0 Å². The van der Waals surface area contributed by atoms with E-state index >= 15 is 0 Å². The van der Waals surface area contributed by atoms with E-state index in [-0.39, 0.29) is 0 Å². The first-order valence-electron chi connectivity index (χ1n) is 4.30. The van der Waals surface area contributed by atoms with E-state index in [1.165, 1.54) is 0 Å². The zero-order valence-electron chi connectivity index (χ0n) is 8.66. The van der Waals surface area contributed by atoms with Crippen LogP contribution in [-0.2, 0) is 0 Å². The van der Waals surface area contributed by atoms with Crippen LogP contribution in [0.3, 0.4) is 0 Å². The van der Waals surface area contributed by atoms with Crippen molar-refractivity contribution in [2.24, 2.45) is 0 Å². The van der Waals surface area contributed by atoms with Crippen LogP contribution < -0.4 is 0 Å². The quantitative estimate of drug-likeness (QED) is 0.673. The summed E-state index contributed by atoms with van der Waals surface area (Å²) in [5, 5.41) is 17.3. The Labute approximate surface area is 71.5 Å². The Hall–Kier alpha value is -1.91. The molecule has 2 N–H and O–H groups in total. The molecule has 0 spiro atoms. The number of carboxylic acids is 2. The van der Waals surface area contributed by atoms with Crippen LogP contribution in [0.4, 0.5) is 0 Å². The first kappa shape index (κ1) is 4.87. The standard InChI is InChI=1S/C7H5NO4/c9-6(10)4-1-2-8-3-5(4)7(11)12/h1-3H,(H,9,10)(H,11,12)/i1D,2D,3D. The van der Waals surface area contributed by atoms with Gasteiger partial charge in [-0.2, -0.15) is 0 Å².